The second kappa shape index (κ2) is 9.03. The van der Waals surface area contributed by atoms with E-state index >= 15 is 0 Å². The molecule has 0 radical (unpaired) electrons. The van der Waals surface area contributed by atoms with Gasteiger partial charge in [-0.2, -0.15) is 0 Å². The highest BCUT2D eigenvalue weighted by Crippen LogP contribution is 2.29. The predicted molar refractivity (Wildman–Crippen MR) is 107 cm³/mol. The summed E-state index contributed by atoms with van der Waals surface area (Å²) in [5.41, 5.74) is 0.188. The quantitative estimate of drug-likeness (QED) is 0.551. The van der Waals surface area contributed by atoms with Gasteiger partial charge in [0, 0.05) is 5.56 Å². The van der Waals surface area contributed by atoms with Gasteiger partial charge in [-0.05, 0) is 54.1 Å². The van der Waals surface area contributed by atoms with Crippen LogP contribution in [0.5, 0.6) is 11.5 Å². The molecular weight excluding hydrogens is 397 g/mol. The Morgan fingerprint density at radius 2 is 1.72 bits per heavy atom. The second-order valence-corrected chi connectivity index (χ2v) is 6.34. The van der Waals surface area contributed by atoms with Crippen molar-refractivity contribution in [1.82, 2.24) is 5.32 Å². The first-order chi connectivity index (χ1) is 13.9. The number of aliphatic carboxylic acids is 1. The molecule has 0 heterocycles. The second-order valence-electron chi connectivity index (χ2n) is 5.93. The number of carbonyl (C=O) groups is 2. The number of hydrogen-bond acceptors (Lipinski definition) is 3. The largest absolute Gasteiger partial charge is 0.477 e. The van der Waals surface area contributed by atoms with Crippen molar-refractivity contribution in [2.75, 3.05) is 0 Å². The topological polar surface area (TPSA) is 75.6 Å². The number of carbonyl (C=O) groups excluding carboxylic acids is 1. The summed E-state index contributed by atoms with van der Waals surface area (Å²) in [7, 11) is 0. The summed E-state index contributed by atoms with van der Waals surface area (Å²) in [5, 5.41) is 12.1. The molecule has 1 amide bonds. The predicted octanol–water partition coefficient (Wildman–Crippen LogP) is 5.13. The van der Waals surface area contributed by atoms with Crippen LogP contribution in [0.4, 0.5) is 4.39 Å². The molecule has 0 aliphatic heterocycles. The third-order valence-corrected chi connectivity index (χ3v) is 4.13. The summed E-state index contributed by atoms with van der Waals surface area (Å²) >= 11 is 6.05. The van der Waals surface area contributed by atoms with Gasteiger partial charge >= 0.3 is 5.97 Å². The van der Waals surface area contributed by atoms with Crippen LogP contribution >= 0.6 is 11.6 Å². The number of rotatable bonds is 6. The monoisotopic (exact) mass is 411 g/mol. The lowest BCUT2D eigenvalue weighted by atomic mass is 10.1. The average Bonchev–Trinajstić information content (AvgIpc) is 2.70. The Bertz CT molecular complexity index is 1080. The fraction of sp³-hybridized carbons (Fsp3) is 0. The van der Waals surface area contributed by atoms with Gasteiger partial charge in [-0.3, -0.25) is 4.79 Å². The Balaban J connectivity index is 1.76. The Morgan fingerprint density at radius 3 is 2.38 bits per heavy atom. The van der Waals surface area contributed by atoms with E-state index in [1.165, 1.54) is 24.3 Å². The SMILES string of the molecule is O=C(O)C(=Cc1ccc(Oc2ccccc2Cl)cc1)NC(=O)c1cccc(F)c1. The lowest BCUT2D eigenvalue weighted by Crippen LogP contribution is -2.27. The van der Waals surface area contributed by atoms with E-state index in [9.17, 15) is 19.1 Å². The Labute approximate surface area is 171 Å². The van der Waals surface area contributed by atoms with Gasteiger partial charge in [0.2, 0.25) is 0 Å². The molecule has 0 unspecified atom stereocenters. The van der Waals surface area contributed by atoms with Crippen LogP contribution < -0.4 is 10.1 Å². The Hall–Kier alpha value is -3.64. The van der Waals surface area contributed by atoms with E-state index in [2.05, 4.69) is 5.32 Å². The van der Waals surface area contributed by atoms with Crippen molar-refractivity contribution in [3.63, 3.8) is 0 Å². The van der Waals surface area contributed by atoms with Gasteiger partial charge in [0.25, 0.3) is 5.91 Å². The Kier molecular flexibility index (Phi) is 6.26. The molecule has 0 aliphatic carbocycles. The molecule has 0 atom stereocenters. The highest BCUT2D eigenvalue weighted by atomic mass is 35.5. The first-order valence-corrected chi connectivity index (χ1v) is 8.84. The molecule has 0 aliphatic rings. The maximum absolute atomic E-state index is 13.3. The molecule has 146 valence electrons. The molecule has 0 saturated carbocycles. The maximum atomic E-state index is 13.3. The number of halogens is 2. The van der Waals surface area contributed by atoms with Gasteiger partial charge in [-0.1, -0.05) is 41.9 Å². The van der Waals surface area contributed by atoms with Crippen LogP contribution in [0.3, 0.4) is 0 Å². The van der Waals surface area contributed by atoms with Crippen LogP contribution in [0.15, 0.2) is 78.5 Å². The summed E-state index contributed by atoms with van der Waals surface area (Å²) in [4.78, 5) is 23.7. The molecule has 3 aromatic rings. The number of carboxylic acid groups (broad SMARTS) is 1. The van der Waals surface area contributed by atoms with Crippen molar-refractivity contribution < 1.29 is 23.8 Å². The summed E-state index contributed by atoms with van der Waals surface area (Å²) in [6.45, 7) is 0. The van der Waals surface area contributed by atoms with Crippen molar-refractivity contribution in [2.45, 2.75) is 0 Å². The van der Waals surface area contributed by atoms with Crippen molar-refractivity contribution in [3.05, 3.63) is 100 Å². The molecular formula is C22H15ClFNO4. The van der Waals surface area contributed by atoms with E-state index in [1.807, 2.05) is 0 Å². The van der Waals surface area contributed by atoms with E-state index in [0.29, 0.717) is 22.1 Å². The molecule has 0 aromatic heterocycles. The highest BCUT2D eigenvalue weighted by Gasteiger charge is 2.14. The zero-order valence-electron chi connectivity index (χ0n) is 14.9. The van der Waals surface area contributed by atoms with E-state index < -0.39 is 17.7 Å². The van der Waals surface area contributed by atoms with Gasteiger partial charge in [0.1, 0.15) is 23.0 Å². The number of benzene rings is 3. The number of amides is 1. The number of carboxylic acids is 1. The normalized spacial score (nSPS) is 11.0. The van der Waals surface area contributed by atoms with Crippen LogP contribution in [0.25, 0.3) is 6.08 Å². The summed E-state index contributed by atoms with van der Waals surface area (Å²) in [6.07, 6.45) is 1.29. The van der Waals surface area contributed by atoms with Gasteiger partial charge in [-0.15, -0.1) is 0 Å². The van der Waals surface area contributed by atoms with E-state index in [-0.39, 0.29) is 11.3 Å². The summed E-state index contributed by atoms with van der Waals surface area (Å²) in [6, 6.07) is 18.5. The molecule has 2 N–H and O–H groups in total. The van der Waals surface area contributed by atoms with E-state index in [4.69, 9.17) is 16.3 Å². The molecule has 3 rings (SSSR count). The van der Waals surface area contributed by atoms with E-state index in [0.717, 1.165) is 6.07 Å². The standard InChI is InChI=1S/C22H15ClFNO4/c23-18-6-1-2-7-20(18)29-17-10-8-14(9-11-17)12-19(22(27)28)25-21(26)15-4-3-5-16(24)13-15/h1-13H,(H,25,26)(H,27,28). The van der Waals surface area contributed by atoms with Crippen molar-refractivity contribution in [2.24, 2.45) is 0 Å². The molecule has 3 aromatic carbocycles. The minimum Gasteiger partial charge on any atom is -0.477 e. The average molecular weight is 412 g/mol. The molecule has 0 fully saturated rings. The molecule has 5 nitrogen and oxygen atoms in total. The fourth-order valence-corrected chi connectivity index (χ4v) is 2.60. The number of hydrogen-bond donors (Lipinski definition) is 2. The van der Waals surface area contributed by atoms with Crippen molar-refractivity contribution in [3.8, 4) is 11.5 Å². The lowest BCUT2D eigenvalue weighted by Gasteiger charge is -2.08. The third-order valence-electron chi connectivity index (χ3n) is 3.82. The van der Waals surface area contributed by atoms with Crippen LogP contribution in [-0.4, -0.2) is 17.0 Å². The van der Waals surface area contributed by atoms with Gasteiger partial charge in [0.15, 0.2) is 0 Å². The summed E-state index contributed by atoms with van der Waals surface area (Å²) < 4.78 is 18.9. The maximum Gasteiger partial charge on any atom is 0.352 e. The fourth-order valence-electron chi connectivity index (χ4n) is 2.43. The minimum atomic E-state index is -1.33. The van der Waals surface area contributed by atoms with Crippen LogP contribution in [-0.2, 0) is 4.79 Å². The Morgan fingerprint density at radius 1 is 1.00 bits per heavy atom. The molecule has 0 bridgehead atoms. The summed E-state index contributed by atoms with van der Waals surface area (Å²) in [5.74, 6) is -1.64. The van der Waals surface area contributed by atoms with Crippen LogP contribution in [0.1, 0.15) is 15.9 Å². The van der Waals surface area contributed by atoms with Gasteiger partial charge in [-0.25, -0.2) is 9.18 Å². The van der Waals surface area contributed by atoms with Crippen molar-refractivity contribution in [1.29, 1.82) is 0 Å². The number of ether oxygens (including phenoxy) is 1. The van der Waals surface area contributed by atoms with Gasteiger partial charge < -0.3 is 15.2 Å². The first-order valence-electron chi connectivity index (χ1n) is 8.47. The number of nitrogens with one attached hydrogen (secondary N) is 1. The minimum absolute atomic E-state index is 0.0145. The third kappa shape index (κ3) is 5.43. The van der Waals surface area contributed by atoms with Crippen LogP contribution in [0, 0.1) is 5.82 Å². The zero-order chi connectivity index (χ0) is 20.8. The zero-order valence-corrected chi connectivity index (χ0v) is 15.7. The molecule has 0 saturated heterocycles. The van der Waals surface area contributed by atoms with E-state index in [1.54, 1.807) is 48.5 Å². The van der Waals surface area contributed by atoms with Gasteiger partial charge in [0.05, 0.1) is 5.02 Å². The highest BCUT2D eigenvalue weighted by molar-refractivity contribution is 6.32. The number of para-hydroxylation sites is 1. The molecule has 29 heavy (non-hydrogen) atoms. The smallest absolute Gasteiger partial charge is 0.352 e. The van der Waals surface area contributed by atoms with Crippen LogP contribution in [0.2, 0.25) is 5.02 Å². The molecule has 7 heteroatoms. The van der Waals surface area contributed by atoms with Crippen molar-refractivity contribution >= 4 is 29.6 Å². The molecule has 0 spiro atoms. The lowest BCUT2D eigenvalue weighted by molar-refractivity contribution is -0.132. The first kappa shape index (κ1) is 20.1.